The lowest BCUT2D eigenvalue weighted by Crippen LogP contribution is -2.36. The average molecular weight is 328 g/mol. The lowest BCUT2D eigenvalue weighted by molar-refractivity contribution is -0.118. The van der Waals surface area contributed by atoms with Crippen molar-refractivity contribution in [2.45, 2.75) is 45.4 Å². The zero-order chi connectivity index (χ0) is 17.0. The predicted molar refractivity (Wildman–Crippen MR) is 92.3 cm³/mol. The van der Waals surface area contributed by atoms with Crippen LogP contribution in [0.5, 0.6) is 0 Å². The second-order valence-electron chi connectivity index (χ2n) is 6.71. The number of nitrogens with two attached hydrogens (primary N) is 1. The normalized spacial score (nSPS) is 16.8. The minimum atomic E-state index is -0.0370. The highest BCUT2D eigenvalue weighted by molar-refractivity contribution is 5.91. The fraction of sp³-hybridized carbons (Fsp3) is 0.500. The fourth-order valence-electron chi connectivity index (χ4n) is 3.45. The van der Waals surface area contributed by atoms with Crippen LogP contribution in [0.1, 0.15) is 44.4 Å². The first-order valence-corrected chi connectivity index (χ1v) is 8.51. The smallest absolute Gasteiger partial charge is 0.224 e. The van der Waals surface area contributed by atoms with Crippen LogP contribution in [0.2, 0.25) is 0 Å². The van der Waals surface area contributed by atoms with Gasteiger partial charge in [0.05, 0.1) is 0 Å². The molecule has 0 aliphatic heterocycles. The van der Waals surface area contributed by atoms with Crippen molar-refractivity contribution in [2.75, 3.05) is 11.9 Å². The molecule has 1 aromatic carbocycles. The van der Waals surface area contributed by atoms with Gasteiger partial charge in [0, 0.05) is 24.6 Å². The molecule has 1 fully saturated rings. The summed E-state index contributed by atoms with van der Waals surface area (Å²) in [5, 5.41) is 6.89. The summed E-state index contributed by atoms with van der Waals surface area (Å²) in [5.74, 6) is 1.06. The molecule has 1 aromatic heterocycles. The largest absolute Gasteiger partial charge is 0.339 e. The van der Waals surface area contributed by atoms with Crippen LogP contribution in [0.4, 0.5) is 5.69 Å². The molecule has 6 nitrogen and oxygen atoms in total. The van der Waals surface area contributed by atoms with Crippen molar-refractivity contribution in [1.29, 1.82) is 0 Å². The van der Waals surface area contributed by atoms with Crippen LogP contribution in [-0.2, 0) is 4.79 Å². The summed E-state index contributed by atoms with van der Waals surface area (Å²) in [5.41, 5.74) is 7.49. The van der Waals surface area contributed by atoms with Crippen molar-refractivity contribution < 1.29 is 9.32 Å². The Morgan fingerprint density at radius 3 is 2.79 bits per heavy atom. The monoisotopic (exact) mass is 328 g/mol. The minimum Gasteiger partial charge on any atom is -0.339 e. The van der Waals surface area contributed by atoms with Gasteiger partial charge < -0.3 is 15.6 Å². The number of carbonyl (C=O) groups is 1. The molecule has 6 heteroatoms. The van der Waals surface area contributed by atoms with Gasteiger partial charge in [0.1, 0.15) is 0 Å². The molecule has 0 spiro atoms. The van der Waals surface area contributed by atoms with Gasteiger partial charge in [-0.15, -0.1) is 0 Å². The number of nitrogens with zero attached hydrogens (tertiary/aromatic N) is 2. The van der Waals surface area contributed by atoms with Gasteiger partial charge in [0.15, 0.2) is 0 Å². The second kappa shape index (κ2) is 7.13. The zero-order valence-electron chi connectivity index (χ0n) is 14.0. The van der Waals surface area contributed by atoms with E-state index >= 15 is 0 Å². The molecule has 0 unspecified atom stereocenters. The molecular formula is C18H24N4O2. The Kier molecular flexibility index (Phi) is 4.94. The highest BCUT2D eigenvalue weighted by Crippen LogP contribution is 2.38. The molecule has 3 rings (SSSR count). The number of aromatic nitrogens is 2. The van der Waals surface area contributed by atoms with Crippen molar-refractivity contribution in [3.05, 3.63) is 30.2 Å². The topological polar surface area (TPSA) is 94.0 Å². The molecule has 128 valence electrons. The van der Waals surface area contributed by atoms with E-state index in [1.807, 2.05) is 24.3 Å². The Balaban J connectivity index is 1.68. The Morgan fingerprint density at radius 2 is 2.12 bits per heavy atom. The van der Waals surface area contributed by atoms with Crippen molar-refractivity contribution in [3.8, 4) is 11.4 Å². The zero-order valence-corrected chi connectivity index (χ0v) is 14.0. The number of hydrogen-bond acceptors (Lipinski definition) is 5. The molecular weight excluding hydrogens is 304 g/mol. The maximum Gasteiger partial charge on any atom is 0.224 e. The van der Waals surface area contributed by atoms with Crippen molar-refractivity contribution >= 4 is 11.6 Å². The number of benzene rings is 1. The van der Waals surface area contributed by atoms with Gasteiger partial charge in [-0.2, -0.15) is 4.98 Å². The molecule has 0 bridgehead atoms. The minimum absolute atomic E-state index is 0.0174. The molecule has 24 heavy (non-hydrogen) atoms. The van der Waals surface area contributed by atoms with E-state index in [2.05, 4.69) is 15.5 Å². The summed E-state index contributed by atoms with van der Waals surface area (Å²) in [6.45, 7) is 2.32. The van der Waals surface area contributed by atoms with E-state index in [-0.39, 0.29) is 11.3 Å². The Hall–Kier alpha value is -2.21. The highest BCUT2D eigenvalue weighted by atomic mass is 16.5. The molecule has 1 aliphatic carbocycles. The molecule has 2 aromatic rings. The van der Waals surface area contributed by atoms with Gasteiger partial charge in [-0.05, 0) is 36.9 Å². The first kappa shape index (κ1) is 16.6. The van der Waals surface area contributed by atoms with Gasteiger partial charge in [-0.25, -0.2) is 0 Å². The third-order valence-corrected chi connectivity index (χ3v) is 4.81. The van der Waals surface area contributed by atoms with E-state index in [9.17, 15) is 4.79 Å². The van der Waals surface area contributed by atoms with Crippen LogP contribution in [-0.4, -0.2) is 22.6 Å². The highest BCUT2D eigenvalue weighted by Gasteiger charge is 2.32. The molecule has 0 atom stereocenters. The van der Waals surface area contributed by atoms with Crippen LogP contribution in [0, 0.1) is 12.3 Å². The molecule has 1 amide bonds. The first-order chi connectivity index (χ1) is 11.6. The summed E-state index contributed by atoms with van der Waals surface area (Å²) in [6, 6.07) is 7.49. The first-order valence-electron chi connectivity index (χ1n) is 8.51. The number of nitrogens with one attached hydrogen (secondary N) is 1. The van der Waals surface area contributed by atoms with Gasteiger partial charge in [-0.3, -0.25) is 4.79 Å². The number of aryl methyl sites for hydroxylation is 1. The van der Waals surface area contributed by atoms with Crippen molar-refractivity contribution in [2.24, 2.45) is 11.1 Å². The molecule has 1 aliphatic rings. The Bertz CT molecular complexity index is 705. The SMILES string of the molecule is Cc1nc(-c2cccc(NC(=O)CC3(CN)CCCCC3)c2)no1. The summed E-state index contributed by atoms with van der Waals surface area (Å²) in [6.07, 6.45) is 6.14. The number of hydrogen-bond donors (Lipinski definition) is 2. The summed E-state index contributed by atoms with van der Waals surface area (Å²) >= 11 is 0. The van der Waals surface area contributed by atoms with E-state index in [1.54, 1.807) is 6.92 Å². The van der Waals surface area contributed by atoms with E-state index < -0.39 is 0 Å². The van der Waals surface area contributed by atoms with Gasteiger partial charge >= 0.3 is 0 Å². The van der Waals surface area contributed by atoms with Crippen LogP contribution < -0.4 is 11.1 Å². The van der Waals surface area contributed by atoms with Gasteiger partial charge in [0.2, 0.25) is 17.6 Å². The number of carbonyl (C=O) groups excluding carboxylic acids is 1. The Labute approximate surface area is 141 Å². The predicted octanol–water partition coefficient (Wildman–Crippen LogP) is 3.28. The lowest BCUT2D eigenvalue weighted by atomic mass is 9.71. The second-order valence-corrected chi connectivity index (χ2v) is 6.71. The van der Waals surface area contributed by atoms with E-state index in [0.717, 1.165) is 36.9 Å². The summed E-state index contributed by atoms with van der Waals surface area (Å²) < 4.78 is 5.01. The number of amides is 1. The van der Waals surface area contributed by atoms with Crippen LogP contribution in [0.25, 0.3) is 11.4 Å². The van der Waals surface area contributed by atoms with Crippen LogP contribution in [0.3, 0.4) is 0 Å². The van der Waals surface area contributed by atoms with Crippen LogP contribution >= 0.6 is 0 Å². The van der Waals surface area contributed by atoms with Gasteiger partial charge in [-0.1, -0.05) is 36.6 Å². The summed E-state index contributed by atoms with van der Waals surface area (Å²) in [7, 11) is 0. The van der Waals surface area contributed by atoms with E-state index in [0.29, 0.717) is 24.7 Å². The van der Waals surface area contributed by atoms with E-state index in [1.165, 1.54) is 6.42 Å². The van der Waals surface area contributed by atoms with Crippen molar-refractivity contribution in [1.82, 2.24) is 10.1 Å². The Morgan fingerprint density at radius 1 is 1.33 bits per heavy atom. The summed E-state index contributed by atoms with van der Waals surface area (Å²) in [4.78, 5) is 16.7. The number of anilines is 1. The maximum absolute atomic E-state index is 12.5. The third-order valence-electron chi connectivity index (χ3n) is 4.81. The fourth-order valence-corrected chi connectivity index (χ4v) is 3.45. The molecule has 1 saturated carbocycles. The molecule has 3 N–H and O–H groups in total. The molecule has 0 radical (unpaired) electrons. The van der Waals surface area contributed by atoms with E-state index in [4.69, 9.17) is 10.3 Å². The molecule has 1 heterocycles. The average Bonchev–Trinajstić information content (AvgIpc) is 3.02. The van der Waals surface area contributed by atoms with Gasteiger partial charge in [0.25, 0.3) is 0 Å². The third kappa shape index (κ3) is 3.82. The standard InChI is InChI=1S/C18H24N4O2/c1-13-20-17(22-24-13)14-6-5-7-15(10-14)21-16(23)11-18(12-19)8-3-2-4-9-18/h5-7,10H,2-4,8-9,11-12,19H2,1H3,(H,21,23). The maximum atomic E-state index is 12.5. The molecule has 0 saturated heterocycles. The van der Waals surface area contributed by atoms with Crippen molar-refractivity contribution in [3.63, 3.8) is 0 Å². The quantitative estimate of drug-likeness (QED) is 0.878. The van der Waals surface area contributed by atoms with Crippen LogP contribution in [0.15, 0.2) is 28.8 Å². The number of rotatable bonds is 5. The lowest BCUT2D eigenvalue weighted by Gasteiger charge is -2.35.